The van der Waals surface area contributed by atoms with Gasteiger partial charge in [0.25, 0.3) is 11.6 Å². The lowest BCUT2D eigenvalue weighted by Gasteiger charge is -2.07. The number of rotatable bonds is 4. The number of hydrogen-bond acceptors (Lipinski definition) is 3. The van der Waals surface area contributed by atoms with E-state index in [4.69, 9.17) is 0 Å². The Morgan fingerprint density at radius 1 is 1.19 bits per heavy atom. The van der Waals surface area contributed by atoms with Gasteiger partial charge in [-0.2, -0.15) is 0 Å². The molecule has 2 aromatic rings. The van der Waals surface area contributed by atoms with Crippen LogP contribution in [-0.4, -0.2) is 10.8 Å². The number of carbonyl (C=O) groups is 1. The van der Waals surface area contributed by atoms with E-state index in [2.05, 4.69) is 5.32 Å². The van der Waals surface area contributed by atoms with E-state index in [1.165, 1.54) is 18.2 Å². The van der Waals surface area contributed by atoms with E-state index in [0.717, 1.165) is 11.1 Å². The molecule has 0 atom stereocenters. The van der Waals surface area contributed by atoms with Gasteiger partial charge in [0, 0.05) is 23.7 Å². The number of nitrogens with one attached hydrogen (secondary N) is 1. The molecule has 0 heterocycles. The van der Waals surface area contributed by atoms with Gasteiger partial charge in [-0.1, -0.05) is 29.8 Å². The lowest BCUT2D eigenvalue weighted by atomic mass is 10.1. The molecule has 0 saturated heterocycles. The second-order valence-corrected chi connectivity index (χ2v) is 4.93. The quantitative estimate of drug-likeness (QED) is 0.692. The van der Waals surface area contributed by atoms with Gasteiger partial charge in [-0.15, -0.1) is 0 Å². The molecule has 1 amide bonds. The predicted molar refractivity (Wildman–Crippen MR) is 80.2 cm³/mol. The van der Waals surface area contributed by atoms with Crippen LogP contribution in [0.15, 0.2) is 42.5 Å². The number of nitro groups is 1. The van der Waals surface area contributed by atoms with Crippen molar-refractivity contribution < 1.29 is 9.72 Å². The van der Waals surface area contributed by atoms with Crippen LogP contribution in [0.1, 0.15) is 27.0 Å². The zero-order chi connectivity index (χ0) is 15.4. The highest BCUT2D eigenvalue weighted by Gasteiger charge is 2.13. The summed E-state index contributed by atoms with van der Waals surface area (Å²) in [7, 11) is 0. The molecule has 0 saturated carbocycles. The minimum absolute atomic E-state index is 0.0187. The Kier molecular flexibility index (Phi) is 4.33. The summed E-state index contributed by atoms with van der Waals surface area (Å²) >= 11 is 0. The van der Waals surface area contributed by atoms with E-state index in [1.54, 1.807) is 6.92 Å². The summed E-state index contributed by atoms with van der Waals surface area (Å²) in [5, 5.41) is 13.6. The van der Waals surface area contributed by atoms with Crippen LogP contribution in [0, 0.1) is 24.0 Å². The van der Waals surface area contributed by atoms with E-state index in [-0.39, 0.29) is 11.6 Å². The Morgan fingerprint density at radius 2 is 1.95 bits per heavy atom. The van der Waals surface area contributed by atoms with Crippen molar-refractivity contribution in [1.82, 2.24) is 5.32 Å². The van der Waals surface area contributed by atoms with Crippen LogP contribution < -0.4 is 5.32 Å². The van der Waals surface area contributed by atoms with Crippen LogP contribution in [-0.2, 0) is 6.54 Å². The molecule has 5 nitrogen and oxygen atoms in total. The van der Waals surface area contributed by atoms with Crippen LogP contribution in [0.4, 0.5) is 5.69 Å². The van der Waals surface area contributed by atoms with Gasteiger partial charge in [0.1, 0.15) is 0 Å². The molecule has 0 spiro atoms. The Balaban J connectivity index is 2.07. The molecule has 0 aliphatic rings. The number of benzene rings is 2. The number of carbonyl (C=O) groups excluding carboxylic acids is 1. The van der Waals surface area contributed by atoms with Gasteiger partial charge in [-0.25, -0.2) is 0 Å². The smallest absolute Gasteiger partial charge is 0.272 e. The van der Waals surface area contributed by atoms with E-state index in [0.29, 0.717) is 17.7 Å². The SMILES string of the molecule is Cc1cccc(CNC(=O)c2ccc([N+](=O)[O-])c(C)c2)c1. The van der Waals surface area contributed by atoms with Crippen molar-refractivity contribution >= 4 is 11.6 Å². The van der Waals surface area contributed by atoms with Crippen molar-refractivity contribution in [3.63, 3.8) is 0 Å². The maximum atomic E-state index is 12.1. The zero-order valence-corrected chi connectivity index (χ0v) is 11.9. The van der Waals surface area contributed by atoms with Gasteiger partial charge in [0.2, 0.25) is 0 Å². The van der Waals surface area contributed by atoms with E-state index in [9.17, 15) is 14.9 Å². The molecule has 21 heavy (non-hydrogen) atoms. The molecule has 1 N–H and O–H groups in total. The first-order valence-electron chi connectivity index (χ1n) is 6.56. The summed E-state index contributed by atoms with van der Waals surface area (Å²) in [6, 6.07) is 12.2. The molecule has 0 bridgehead atoms. The molecule has 0 unspecified atom stereocenters. The van der Waals surface area contributed by atoms with Crippen molar-refractivity contribution in [3.8, 4) is 0 Å². The average Bonchev–Trinajstić information content (AvgIpc) is 2.44. The van der Waals surface area contributed by atoms with Crippen LogP contribution in [0.3, 0.4) is 0 Å². The van der Waals surface area contributed by atoms with Crippen molar-refractivity contribution in [2.24, 2.45) is 0 Å². The highest BCUT2D eigenvalue weighted by Crippen LogP contribution is 2.18. The highest BCUT2D eigenvalue weighted by atomic mass is 16.6. The second-order valence-electron chi connectivity index (χ2n) is 4.93. The lowest BCUT2D eigenvalue weighted by Crippen LogP contribution is -2.22. The summed E-state index contributed by atoms with van der Waals surface area (Å²) in [6.45, 7) is 4.04. The van der Waals surface area contributed by atoms with Gasteiger partial charge < -0.3 is 5.32 Å². The molecular formula is C16H16N2O3. The normalized spacial score (nSPS) is 10.2. The molecule has 108 valence electrons. The fourth-order valence-corrected chi connectivity index (χ4v) is 2.11. The Labute approximate surface area is 122 Å². The maximum Gasteiger partial charge on any atom is 0.272 e. The van der Waals surface area contributed by atoms with E-state index >= 15 is 0 Å². The standard InChI is InChI=1S/C16H16N2O3/c1-11-4-3-5-13(8-11)10-17-16(19)14-6-7-15(18(20)21)12(2)9-14/h3-9H,10H2,1-2H3,(H,17,19). The first kappa shape index (κ1) is 14.7. The molecule has 0 aliphatic heterocycles. The molecule has 2 rings (SSSR count). The molecule has 0 aliphatic carbocycles. The number of aryl methyl sites for hydroxylation is 2. The average molecular weight is 284 g/mol. The van der Waals surface area contributed by atoms with Crippen molar-refractivity contribution in [1.29, 1.82) is 0 Å². The molecule has 2 aromatic carbocycles. The number of hydrogen-bond donors (Lipinski definition) is 1. The molecule has 0 radical (unpaired) electrons. The summed E-state index contributed by atoms with van der Waals surface area (Å²) in [4.78, 5) is 22.4. The van der Waals surface area contributed by atoms with Gasteiger partial charge >= 0.3 is 0 Å². The topological polar surface area (TPSA) is 72.2 Å². The Bertz CT molecular complexity index is 696. The van der Waals surface area contributed by atoms with Crippen LogP contribution in [0.2, 0.25) is 0 Å². The van der Waals surface area contributed by atoms with Crippen molar-refractivity contribution in [2.75, 3.05) is 0 Å². The van der Waals surface area contributed by atoms with Gasteiger partial charge in [-0.3, -0.25) is 14.9 Å². The molecule has 5 heteroatoms. The number of amides is 1. The van der Waals surface area contributed by atoms with Crippen molar-refractivity contribution in [2.45, 2.75) is 20.4 Å². The van der Waals surface area contributed by atoms with Crippen LogP contribution >= 0.6 is 0 Å². The third-order valence-corrected chi connectivity index (χ3v) is 3.19. The van der Waals surface area contributed by atoms with Gasteiger partial charge in [-0.05, 0) is 31.5 Å². The number of nitrogens with zero attached hydrogens (tertiary/aromatic N) is 1. The Hall–Kier alpha value is -2.69. The van der Waals surface area contributed by atoms with E-state index < -0.39 is 4.92 Å². The third-order valence-electron chi connectivity index (χ3n) is 3.19. The lowest BCUT2D eigenvalue weighted by molar-refractivity contribution is -0.385. The summed E-state index contributed by atoms with van der Waals surface area (Å²) in [5.41, 5.74) is 3.06. The fraction of sp³-hybridized carbons (Fsp3) is 0.188. The van der Waals surface area contributed by atoms with Gasteiger partial charge in [0.15, 0.2) is 0 Å². The third kappa shape index (κ3) is 3.66. The summed E-state index contributed by atoms with van der Waals surface area (Å²) in [5.74, 6) is -0.241. The molecular weight excluding hydrogens is 268 g/mol. The summed E-state index contributed by atoms with van der Waals surface area (Å²) < 4.78 is 0. The van der Waals surface area contributed by atoms with Gasteiger partial charge in [0.05, 0.1) is 4.92 Å². The van der Waals surface area contributed by atoms with E-state index in [1.807, 2.05) is 31.2 Å². The minimum atomic E-state index is -0.455. The Morgan fingerprint density at radius 3 is 2.57 bits per heavy atom. The first-order chi connectivity index (χ1) is 9.97. The zero-order valence-electron chi connectivity index (χ0n) is 11.9. The fourth-order valence-electron chi connectivity index (χ4n) is 2.11. The number of nitro benzene ring substituents is 1. The monoisotopic (exact) mass is 284 g/mol. The van der Waals surface area contributed by atoms with Crippen LogP contribution in [0.25, 0.3) is 0 Å². The molecule has 0 fully saturated rings. The van der Waals surface area contributed by atoms with Crippen molar-refractivity contribution in [3.05, 3.63) is 74.8 Å². The summed E-state index contributed by atoms with van der Waals surface area (Å²) in [6.07, 6.45) is 0. The second kappa shape index (κ2) is 6.17. The molecule has 0 aromatic heterocycles. The predicted octanol–water partition coefficient (Wildman–Crippen LogP) is 3.14. The van der Waals surface area contributed by atoms with Crippen LogP contribution in [0.5, 0.6) is 0 Å². The highest BCUT2D eigenvalue weighted by molar-refractivity contribution is 5.94. The minimum Gasteiger partial charge on any atom is -0.348 e. The largest absolute Gasteiger partial charge is 0.348 e. The first-order valence-corrected chi connectivity index (χ1v) is 6.56. The maximum absolute atomic E-state index is 12.1.